The third kappa shape index (κ3) is 2.86. The van der Waals surface area contributed by atoms with E-state index in [2.05, 4.69) is 19.7 Å². The van der Waals surface area contributed by atoms with Gasteiger partial charge >= 0.3 is 5.97 Å². The number of carbonyl (C=O) groups excluding carboxylic acids is 1. The molecule has 0 fully saturated rings. The van der Waals surface area contributed by atoms with E-state index in [1.807, 2.05) is 12.3 Å². The lowest BCUT2D eigenvalue weighted by Gasteiger charge is -2.01. The van der Waals surface area contributed by atoms with Crippen molar-refractivity contribution in [2.75, 3.05) is 7.11 Å². The molecule has 0 atom stereocenters. The van der Waals surface area contributed by atoms with Gasteiger partial charge in [0.05, 0.1) is 17.7 Å². The number of rotatable bonds is 3. The molecule has 3 aromatic heterocycles. The molecule has 5 nitrogen and oxygen atoms in total. The number of hydrogen-bond acceptors (Lipinski definition) is 5. The molecule has 1 N–H and O–H groups in total. The highest BCUT2D eigenvalue weighted by Crippen LogP contribution is 2.32. The molecule has 106 valence electrons. The Labute approximate surface area is 129 Å². The monoisotopic (exact) mass is 319 g/mol. The van der Waals surface area contributed by atoms with Crippen molar-refractivity contribution in [2.24, 2.45) is 0 Å². The van der Waals surface area contributed by atoms with Gasteiger partial charge in [0.15, 0.2) is 0 Å². The summed E-state index contributed by atoms with van der Waals surface area (Å²) < 4.78 is 4.64. The van der Waals surface area contributed by atoms with Crippen LogP contribution in [0.25, 0.3) is 11.0 Å². The molecular formula is C14H10ClN3O2S. The van der Waals surface area contributed by atoms with Gasteiger partial charge in [-0.05, 0) is 18.2 Å². The first kappa shape index (κ1) is 13.9. The fraction of sp³-hybridized carbons (Fsp3) is 0.0714. The van der Waals surface area contributed by atoms with Crippen LogP contribution in [0.5, 0.6) is 0 Å². The maximum atomic E-state index is 11.4. The zero-order valence-electron chi connectivity index (χ0n) is 11.0. The van der Waals surface area contributed by atoms with Crippen LogP contribution in [0.15, 0.2) is 46.7 Å². The largest absolute Gasteiger partial charge is 0.465 e. The number of halogens is 1. The molecule has 0 aliphatic rings. The van der Waals surface area contributed by atoms with Crippen LogP contribution in [0.4, 0.5) is 0 Å². The van der Waals surface area contributed by atoms with Gasteiger partial charge in [-0.2, -0.15) is 0 Å². The molecule has 0 bridgehead atoms. The minimum absolute atomic E-state index is 0.401. The predicted molar refractivity (Wildman–Crippen MR) is 80.8 cm³/mol. The second-order valence-electron chi connectivity index (χ2n) is 4.18. The van der Waals surface area contributed by atoms with E-state index in [4.69, 9.17) is 11.6 Å². The Morgan fingerprint density at radius 2 is 2.19 bits per heavy atom. The van der Waals surface area contributed by atoms with E-state index < -0.39 is 5.97 Å². The molecule has 3 rings (SSSR count). The lowest BCUT2D eigenvalue weighted by molar-refractivity contribution is 0.0600. The van der Waals surface area contributed by atoms with Crippen molar-refractivity contribution in [1.82, 2.24) is 15.0 Å². The number of aromatic nitrogens is 3. The third-order valence-corrected chi connectivity index (χ3v) is 4.05. The van der Waals surface area contributed by atoms with E-state index in [-0.39, 0.29) is 0 Å². The van der Waals surface area contributed by atoms with Crippen molar-refractivity contribution in [3.05, 3.63) is 47.4 Å². The van der Waals surface area contributed by atoms with Crippen molar-refractivity contribution in [2.45, 2.75) is 9.92 Å². The molecule has 0 unspecified atom stereocenters. The Kier molecular flexibility index (Phi) is 3.81. The number of hydrogen-bond donors (Lipinski definition) is 1. The van der Waals surface area contributed by atoms with Crippen molar-refractivity contribution in [3.63, 3.8) is 0 Å². The summed E-state index contributed by atoms with van der Waals surface area (Å²) in [4.78, 5) is 23.9. The number of aromatic amines is 1. The zero-order chi connectivity index (χ0) is 14.8. The van der Waals surface area contributed by atoms with Crippen LogP contribution in [0, 0.1) is 0 Å². The van der Waals surface area contributed by atoms with Crippen LogP contribution in [0.1, 0.15) is 10.4 Å². The van der Waals surface area contributed by atoms with Crippen LogP contribution in [-0.2, 0) is 4.74 Å². The third-order valence-electron chi connectivity index (χ3n) is 2.83. The SMILES string of the molecule is COC(=O)c1ccc(Sc2c[nH]c3ncc(Cl)cc23)nc1. The zero-order valence-corrected chi connectivity index (χ0v) is 12.5. The number of esters is 1. The fourth-order valence-corrected chi connectivity index (χ4v) is 2.84. The second-order valence-corrected chi connectivity index (χ2v) is 5.68. The van der Waals surface area contributed by atoms with Gasteiger partial charge in [-0.1, -0.05) is 23.4 Å². The van der Waals surface area contributed by atoms with E-state index in [1.165, 1.54) is 25.1 Å². The quantitative estimate of drug-likeness (QED) is 0.748. The minimum Gasteiger partial charge on any atom is -0.465 e. The van der Waals surface area contributed by atoms with Crippen LogP contribution in [0.3, 0.4) is 0 Å². The predicted octanol–water partition coefficient (Wildman–Crippen LogP) is 3.55. The summed E-state index contributed by atoms with van der Waals surface area (Å²) in [5, 5.41) is 2.29. The van der Waals surface area contributed by atoms with Crippen molar-refractivity contribution in [3.8, 4) is 0 Å². The summed E-state index contributed by atoms with van der Waals surface area (Å²) >= 11 is 7.44. The highest BCUT2D eigenvalue weighted by molar-refractivity contribution is 7.99. The Bertz CT molecular complexity index is 802. The highest BCUT2D eigenvalue weighted by Gasteiger charge is 2.10. The number of nitrogens with zero attached hydrogens (tertiary/aromatic N) is 2. The van der Waals surface area contributed by atoms with Crippen LogP contribution >= 0.6 is 23.4 Å². The van der Waals surface area contributed by atoms with E-state index >= 15 is 0 Å². The number of fused-ring (bicyclic) bond motifs is 1. The Hall–Kier alpha value is -2.05. The molecule has 3 aromatic rings. The van der Waals surface area contributed by atoms with Gasteiger partial charge in [0.25, 0.3) is 0 Å². The smallest absolute Gasteiger partial charge is 0.339 e. The van der Waals surface area contributed by atoms with E-state index in [1.54, 1.807) is 18.3 Å². The van der Waals surface area contributed by atoms with Crippen molar-refractivity contribution < 1.29 is 9.53 Å². The lowest BCUT2D eigenvalue weighted by Crippen LogP contribution is -2.01. The van der Waals surface area contributed by atoms with Gasteiger partial charge in [0.1, 0.15) is 10.7 Å². The summed E-state index contributed by atoms with van der Waals surface area (Å²) in [5.41, 5.74) is 1.19. The molecule has 0 saturated carbocycles. The number of pyridine rings is 2. The molecule has 0 spiro atoms. The Balaban J connectivity index is 1.88. The van der Waals surface area contributed by atoms with E-state index in [9.17, 15) is 4.79 Å². The molecule has 0 aromatic carbocycles. The molecule has 0 aliphatic heterocycles. The molecule has 21 heavy (non-hydrogen) atoms. The number of carbonyl (C=O) groups is 1. The average molecular weight is 320 g/mol. The summed E-state index contributed by atoms with van der Waals surface area (Å²) in [6.45, 7) is 0. The second kappa shape index (κ2) is 5.75. The van der Waals surface area contributed by atoms with Gasteiger partial charge in [0.2, 0.25) is 0 Å². The van der Waals surface area contributed by atoms with Gasteiger partial charge < -0.3 is 9.72 Å². The summed E-state index contributed by atoms with van der Waals surface area (Å²) in [6.07, 6.45) is 4.95. The van der Waals surface area contributed by atoms with Gasteiger partial charge in [-0.3, -0.25) is 0 Å². The first-order valence-electron chi connectivity index (χ1n) is 6.02. The maximum absolute atomic E-state index is 11.4. The van der Waals surface area contributed by atoms with Gasteiger partial charge in [-0.15, -0.1) is 0 Å². The standard InChI is InChI=1S/C14H10ClN3O2S/c1-20-14(19)8-2-3-12(16-5-8)21-11-7-18-13-10(11)4-9(15)6-17-13/h2-7H,1H3,(H,17,18). The van der Waals surface area contributed by atoms with Crippen molar-refractivity contribution >= 4 is 40.4 Å². The Morgan fingerprint density at radius 3 is 2.90 bits per heavy atom. The highest BCUT2D eigenvalue weighted by atomic mass is 35.5. The minimum atomic E-state index is -0.401. The molecule has 7 heteroatoms. The molecule has 0 saturated heterocycles. The molecule has 0 aliphatic carbocycles. The summed E-state index contributed by atoms with van der Waals surface area (Å²) in [5.74, 6) is -0.401. The average Bonchev–Trinajstić information content (AvgIpc) is 2.89. The number of ether oxygens (including phenoxy) is 1. The molecule has 0 radical (unpaired) electrons. The number of methoxy groups -OCH3 is 1. The normalized spacial score (nSPS) is 10.8. The Morgan fingerprint density at radius 1 is 1.33 bits per heavy atom. The van der Waals surface area contributed by atoms with Crippen LogP contribution < -0.4 is 0 Å². The molecule has 3 heterocycles. The number of H-pyrrole nitrogens is 1. The van der Waals surface area contributed by atoms with Gasteiger partial charge in [-0.25, -0.2) is 14.8 Å². The van der Waals surface area contributed by atoms with Crippen LogP contribution in [-0.4, -0.2) is 28.0 Å². The summed E-state index contributed by atoms with van der Waals surface area (Å²) in [6, 6.07) is 5.31. The number of nitrogens with one attached hydrogen (secondary N) is 1. The first-order valence-corrected chi connectivity index (χ1v) is 7.21. The lowest BCUT2D eigenvalue weighted by atomic mass is 10.3. The molecular weight excluding hydrogens is 310 g/mol. The first-order chi connectivity index (χ1) is 10.2. The van der Waals surface area contributed by atoms with E-state index in [0.717, 1.165) is 21.0 Å². The maximum Gasteiger partial charge on any atom is 0.339 e. The molecule has 0 amide bonds. The fourth-order valence-electron chi connectivity index (χ4n) is 1.83. The van der Waals surface area contributed by atoms with E-state index in [0.29, 0.717) is 10.6 Å². The van der Waals surface area contributed by atoms with Gasteiger partial charge in [0, 0.05) is 28.9 Å². The van der Waals surface area contributed by atoms with Crippen LogP contribution in [0.2, 0.25) is 5.02 Å². The summed E-state index contributed by atoms with van der Waals surface area (Å²) in [7, 11) is 1.34. The van der Waals surface area contributed by atoms with Crippen molar-refractivity contribution in [1.29, 1.82) is 0 Å². The topological polar surface area (TPSA) is 67.9 Å².